The number of nitrogens with zero attached hydrogens (tertiary/aromatic N) is 2. The summed E-state index contributed by atoms with van der Waals surface area (Å²) in [5.74, 6) is 1.15. The van der Waals surface area contributed by atoms with Crippen molar-refractivity contribution in [3.8, 4) is 0 Å². The fourth-order valence-corrected chi connectivity index (χ4v) is 3.09. The van der Waals surface area contributed by atoms with E-state index in [1.807, 2.05) is 12.3 Å². The highest BCUT2D eigenvalue weighted by atomic mass is 32.1. The van der Waals surface area contributed by atoms with Crippen molar-refractivity contribution in [2.24, 2.45) is 0 Å². The Labute approximate surface area is 124 Å². The van der Waals surface area contributed by atoms with Crippen LogP contribution >= 0.6 is 11.3 Å². The first-order valence-corrected chi connectivity index (χ1v) is 8.25. The third-order valence-corrected chi connectivity index (χ3v) is 4.36. The van der Waals surface area contributed by atoms with Gasteiger partial charge in [0.2, 0.25) is 0 Å². The Bertz CT molecular complexity index is 534. The van der Waals surface area contributed by atoms with Gasteiger partial charge in [-0.05, 0) is 47.8 Å². The third kappa shape index (κ3) is 3.19. The quantitative estimate of drug-likeness (QED) is 0.845. The molecule has 1 saturated carbocycles. The topological polar surface area (TPSA) is 28.2 Å². The molecule has 0 atom stereocenters. The van der Waals surface area contributed by atoms with Gasteiger partial charge in [-0.2, -0.15) is 11.3 Å². The summed E-state index contributed by atoms with van der Waals surface area (Å²) < 4.78 is 0. The first kappa shape index (κ1) is 13.6. The van der Waals surface area contributed by atoms with Gasteiger partial charge in [-0.25, -0.2) is 4.98 Å². The Morgan fingerprint density at radius 2 is 2.30 bits per heavy atom. The second-order valence-electron chi connectivity index (χ2n) is 5.26. The van der Waals surface area contributed by atoms with Gasteiger partial charge in [0, 0.05) is 30.9 Å². The van der Waals surface area contributed by atoms with Crippen LogP contribution in [0.3, 0.4) is 0 Å². The zero-order valence-electron chi connectivity index (χ0n) is 11.9. The molecular formula is C16H21N3S. The lowest BCUT2D eigenvalue weighted by atomic mass is 10.2. The van der Waals surface area contributed by atoms with E-state index in [-0.39, 0.29) is 0 Å². The summed E-state index contributed by atoms with van der Waals surface area (Å²) in [6.07, 6.45) is 4.50. The molecule has 0 aliphatic heterocycles. The summed E-state index contributed by atoms with van der Waals surface area (Å²) in [4.78, 5) is 7.14. The largest absolute Gasteiger partial charge is 0.349 e. The van der Waals surface area contributed by atoms with E-state index in [2.05, 4.69) is 45.0 Å². The molecule has 2 heterocycles. The Balaban J connectivity index is 1.83. The molecule has 4 heteroatoms. The molecule has 0 spiro atoms. The molecule has 2 aromatic heterocycles. The predicted molar refractivity (Wildman–Crippen MR) is 85.1 cm³/mol. The average molecular weight is 287 g/mol. The van der Waals surface area contributed by atoms with Gasteiger partial charge in [-0.1, -0.05) is 13.0 Å². The molecule has 20 heavy (non-hydrogen) atoms. The van der Waals surface area contributed by atoms with E-state index >= 15 is 0 Å². The summed E-state index contributed by atoms with van der Waals surface area (Å²) in [6, 6.07) is 7.11. The number of thiophene rings is 1. The maximum Gasteiger partial charge on any atom is 0.133 e. The van der Waals surface area contributed by atoms with E-state index in [9.17, 15) is 0 Å². The molecule has 0 bridgehead atoms. The standard InChI is InChI=1S/C16H21N3S/c1-2-17-10-14-4-3-8-18-16(14)19(15-5-6-15)11-13-7-9-20-12-13/h3-4,7-9,12,15,17H,2,5-6,10-11H2,1H3. The minimum absolute atomic E-state index is 0.671. The summed E-state index contributed by atoms with van der Waals surface area (Å²) in [6.45, 7) is 5.00. The second kappa shape index (κ2) is 6.37. The van der Waals surface area contributed by atoms with Crippen molar-refractivity contribution in [3.05, 3.63) is 46.3 Å². The maximum absolute atomic E-state index is 4.66. The van der Waals surface area contributed by atoms with Crippen molar-refractivity contribution in [3.63, 3.8) is 0 Å². The highest BCUT2D eigenvalue weighted by Gasteiger charge is 2.31. The predicted octanol–water partition coefficient (Wildman–Crippen LogP) is 3.42. The van der Waals surface area contributed by atoms with E-state index in [4.69, 9.17) is 0 Å². The molecule has 1 aliphatic carbocycles. The molecule has 1 N–H and O–H groups in total. The number of hydrogen-bond acceptors (Lipinski definition) is 4. The third-order valence-electron chi connectivity index (χ3n) is 3.63. The lowest BCUT2D eigenvalue weighted by molar-refractivity contribution is 0.708. The lowest BCUT2D eigenvalue weighted by Gasteiger charge is -2.25. The van der Waals surface area contributed by atoms with Crippen LogP contribution in [0.25, 0.3) is 0 Å². The van der Waals surface area contributed by atoms with Gasteiger partial charge < -0.3 is 10.2 Å². The first-order chi connectivity index (χ1) is 9.88. The van der Waals surface area contributed by atoms with Crippen LogP contribution in [0.2, 0.25) is 0 Å². The molecule has 3 nitrogen and oxygen atoms in total. The molecule has 1 fully saturated rings. The van der Waals surface area contributed by atoms with Crippen molar-refractivity contribution in [1.82, 2.24) is 10.3 Å². The van der Waals surface area contributed by atoms with Gasteiger partial charge in [0.05, 0.1) is 0 Å². The summed E-state index contributed by atoms with van der Waals surface area (Å²) in [5.41, 5.74) is 2.69. The van der Waals surface area contributed by atoms with Gasteiger partial charge in [0.15, 0.2) is 0 Å². The van der Waals surface area contributed by atoms with Crippen molar-refractivity contribution < 1.29 is 0 Å². The van der Waals surface area contributed by atoms with Gasteiger partial charge >= 0.3 is 0 Å². The minimum Gasteiger partial charge on any atom is -0.349 e. The maximum atomic E-state index is 4.66. The van der Waals surface area contributed by atoms with Crippen LogP contribution in [0.1, 0.15) is 30.9 Å². The van der Waals surface area contributed by atoms with Crippen LogP contribution in [0.5, 0.6) is 0 Å². The van der Waals surface area contributed by atoms with Crippen LogP contribution in [0.4, 0.5) is 5.82 Å². The van der Waals surface area contributed by atoms with Gasteiger partial charge in [0.25, 0.3) is 0 Å². The normalized spacial score (nSPS) is 14.4. The highest BCUT2D eigenvalue weighted by molar-refractivity contribution is 7.07. The van der Waals surface area contributed by atoms with E-state index in [1.54, 1.807) is 11.3 Å². The van der Waals surface area contributed by atoms with Gasteiger partial charge in [0.1, 0.15) is 5.82 Å². The van der Waals surface area contributed by atoms with E-state index in [0.717, 1.165) is 25.5 Å². The molecule has 0 unspecified atom stereocenters. The zero-order valence-corrected chi connectivity index (χ0v) is 12.7. The van der Waals surface area contributed by atoms with Crippen LogP contribution in [0.15, 0.2) is 35.2 Å². The average Bonchev–Trinajstić information content (AvgIpc) is 3.20. The molecule has 1 aliphatic rings. The smallest absolute Gasteiger partial charge is 0.133 e. The number of hydrogen-bond donors (Lipinski definition) is 1. The molecule has 0 saturated heterocycles. The van der Waals surface area contributed by atoms with Crippen LogP contribution in [0, 0.1) is 0 Å². The number of aromatic nitrogens is 1. The monoisotopic (exact) mass is 287 g/mol. The van der Waals surface area contributed by atoms with Crippen LogP contribution in [-0.4, -0.2) is 17.6 Å². The van der Waals surface area contributed by atoms with Crippen molar-refractivity contribution in [1.29, 1.82) is 0 Å². The Morgan fingerprint density at radius 1 is 1.40 bits per heavy atom. The molecular weight excluding hydrogens is 266 g/mol. The van der Waals surface area contributed by atoms with Crippen LogP contribution < -0.4 is 10.2 Å². The summed E-state index contributed by atoms with van der Waals surface area (Å²) >= 11 is 1.77. The van der Waals surface area contributed by atoms with E-state index < -0.39 is 0 Å². The molecule has 2 aromatic rings. The van der Waals surface area contributed by atoms with Gasteiger partial charge in [-0.15, -0.1) is 0 Å². The molecule has 106 valence electrons. The summed E-state index contributed by atoms with van der Waals surface area (Å²) in [7, 11) is 0. The SMILES string of the molecule is CCNCc1cccnc1N(Cc1ccsc1)C1CC1. The van der Waals surface area contributed by atoms with Crippen molar-refractivity contribution in [2.45, 2.75) is 38.9 Å². The number of rotatable bonds is 7. The fraction of sp³-hybridized carbons (Fsp3) is 0.438. The summed E-state index contributed by atoms with van der Waals surface area (Å²) in [5, 5.41) is 7.80. The van der Waals surface area contributed by atoms with E-state index in [1.165, 1.54) is 24.0 Å². The van der Waals surface area contributed by atoms with Crippen molar-refractivity contribution in [2.75, 3.05) is 11.4 Å². The number of nitrogens with one attached hydrogen (secondary N) is 1. The first-order valence-electron chi connectivity index (χ1n) is 7.31. The van der Waals surface area contributed by atoms with Gasteiger partial charge in [-0.3, -0.25) is 0 Å². The highest BCUT2D eigenvalue weighted by Crippen LogP contribution is 2.33. The molecule has 0 aromatic carbocycles. The second-order valence-corrected chi connectivity index (χ2v) is 6.04. The molecule has 0 radical (unpaired) electrons. The Morgan fingerprint density at radius 3 is 3.00 bits per heavy atom. The fourth-order valence-electron chi connectivity index (χ4n) is 2.43. The minimum atomic E-state index is 0.671. The number of pyridine rings is 1. The number of anilines is 1. The van der Waals surface area contributed by atoms with Crippen LogP contribution in [-0.2, 0) is 13.1 Å². The lowest BCUT2D eigenvalue weighted by Crippen LogP contribution is -2.28. The Kier molecular flexibility index (Phi) is 4.33. The zero-order chi connectivity index (χ0) is 13.8. The Hall–Kier alpha value is -1.39. The molecule has 3 rings (SSSR count). The molecule has 0 amide bonds. The van der Waals surface area contributed by atoms with E-state index in [0.29, 0.717) is 6.04 Å². The van der Waals surface area contributed by atoms with Crippen molar-refractivity contribution >= 4 is 17.2 Å².